The van der Waals surface area contributed by atoms with Gasteiger partial charge in [-0.05, 0) is 25.2 Å². The summed E-state index contributed by atoms with van der Waals surface area (Å²) >= 11 is 0. The molecule has 3 rings (SSSR count). The van der Waals surface area contributed by atoms with E-state index in [1.165, 1.54) is 25.5 Å². The molecule has 2 heterocycles. The van der Waals surface area contributed by atoms with E-state index in [1.807, 2.05) is 4.90 Å². The van der Waals surface area contributed by atoms with Crippen molar-refractivity contribution in [3.05, 3.63) is 18.0 Å². The van der Waals surface area contributed by atoms with Crippen molar-refractivity contribution in [3.8, 4) is 0 Å². The molecule has 0 spiro atoms. The molecule has 6 heteroatoms. The Morgan fingerprint density at radius 3 is 2.50 bits per heavy atom. The van der Waals surface area contributed by atoms with Crippen LogP contribution in [0.5, 0.6) is 0 Å². The fourth-order valence-electron chi connectivity index (χ4n) is 3.30. The van der Waals surface area contributed by atoms with E-state index in [0.29, 0.717) is 6.42 Å². The van der Waals surface area contributed by atoms with Crippen LogP contribution in [0.1, 0.15) is 61.3 Å². The summed E-state index contributed by atoms with van der Waals surface area (Å²) in [6.07, 6.45) is 10.3. The lowest BCUT2D eigenvalue weighted by atomic mass is 9.82. The van der Waals surface area contributed by atoms with Crippen molar-refractivity contribution in [3.63, 3.8) is 0 Å². The van der Waals surface area contributed by atoms with Gasteiger partial charge in [0.25, 0.3) is 0 Å². The number of nitrogens with zero attached hydrogens (tertiary/aromatic N) is 3. The summed E-state index contributed by atoms with van der Waals surface area (Å²) in [6, 6.07) is 0.198. The first-order valence-electron chi connectivity index (χ1n) is 8.18. The number of aromatic carboxylic acids is 1. The first-order chi connectivity index (χ1) is 10.6. The van der Waals surface area contributed by atoms with Gasteiger partial charge in [0, 0.05) is 25.7 Å². The van der Waals surface area contributed by atoms with Gasteiger partial charge in [-0.25, -0.2) is 4.79 Å². The van der Waals surface area contributed by atoms with Crippen molar-refractivity contribution in [2.24, 2.45) is 5.92 Å². The standard InChI is InChI=1S/C16H23N3O3/c20-15(5-4-12-2-1-3-12)18-8-6-14(7-9-18)19-11-13(10-17-19)16(21)22/h10-12,14H,1-9H2,(H,21,22). The van der Waals surface area contributed by atoms with Crippen molar-refractivity contribution < 1.29 is 14.7 Å². The van der Waals surface area contributed by atoms with Gasteiger partial charge in [0.15, 0.2) is 0 Å². The van der Waals surface area contributed by atoms with Crippen molar-refractivity contribution in [1.29, 1.82) is 0 Å². The number of rotatable bonds is 5. The second-order valence-electron chi connectivity index (χ2n) is 6.46. The Morgan fingerprint density at radius 1 is 1.23 bits per heavy atom. The van der Waals surface area contributed by atoms with Crippen LogP contribution in [-0.4, -0.2) is 44.8 Å². The maximum atomic E-state index is 12.2. The summed E-state index contributed by atoms with van der Waals surface area (Å²) in [5, 5.41) is 13.1. The third-order valence-electron chi connectivity index (χ3n) is 5.03. The molecule has 1 saturated carbocycles. The molecule has 2 fully saturated rings. The third kappa shape index (κ3) is 3.31. The summed E-state index contributed by atoms with van der Waals surface area (Å²) in [7, 11) is 0. The van der Waals surface area contributed by atoms with Gasteiger partial charge in [-0.1, -0.05) is 19.3 Å². The van der Waals surface area contributed by atoms with Crippen LogP contribution in [0.15, 0.2) is 12.4 Å². The largest absolute Gasteiger partial charge is 0.478 e. The number of carbonyl (C=O) groups excluding carboxylic acids is 1. The van der Waals surface area contributed by atoms with Crippen molar-refractivity contribution >= 4 is 11.9 Å². The molecule has 0 bridgehead atoms. The van der Waals surface area contributed by atoms with E-state index in [1.54, 1.807) is 10.9 Å². The van der Waals surface area contributed by atoms with Gasteiger partial charge >= 0.3 is 5.97 Å². The van der Waals surface area contributed by atoms with Crippen LogP contribution < -0.4 is 0 Å². The minimum absolute atomic E-state index is 0.198. The van der Waals surface area contributed by atoms with E-state index in [4.69, 9.17) is 5.11 Å². The zero-order valence-corrected chi connectivity index (χ0v) is 12.8. The van der Waals surface area contributed by atoms with E-state index >= 15 is 0 Å². The Kier molecular flexibility index (Phi) is 4.45. The molecule has 0 radical (unpaired) electrons. The first kappa shape index (κ1) is 15.1. The van der Waals surface area contributed by atoms with Gasteiger partial charge in [0.1, 0.15) is 0 Å². The monoisotopic (exact) mass is 305 g/mol. The number of carbonyl (C=O) groups is 2. The summed E-state index contributed by atoms with van der Waals surface area (Å²) < 4.78 is 1.74. The third-order valence-corrected chi connectivity index (χ3v) is 5.03. The first-order valence-corrected chi connectivity index (χ1v) is 8.18. The van der Waals surface area contributed by atoms with Gasteiger partial charge in [-0.15, -0.1) is 0 Å². The Labute approximate surface area is 130 Å². The molecule has 1 N–H and O–H groups in total. The summed E-state index contributed by atoms with van der Waals surface area (Å²) in [4.78, 5) is 25.0. The van der Waals surface area contributed by atoms with Crippen molar-refractivity contribution in [1.82, 2.24) is 14.7 Å². The topological polar surface area (TPSA) is 75.4 Å². The number of hydrogen-bond donors (Lipinski definition) is 1. The smallest absolute Gasteiger partial charge is 0.338 e. The highest BCUT2D eigenvalue weighted by atomic mass is 16.4. The number of aromatic nitrogens is 2. The molecule has 120 valence electrons. The molecule has 2 aliphatic rings. The molecule has 1 aliphatic carbocycles. The lowest BCUT2D eigenvalue weighted by Gasteiger charge is -2.33. The fraction of sp³-hybridized carbons (Fsp3) is 0.688. The van der Waals surface area contributed by atoms with Gasteiger partial charge in [-0.2, -0.15) is 5.10 Å². The number of likely N-dealkylation sites (tertiary alicyclic amines) is 1. The normalized spacial score (nSPS) is 19.9. The van der Waals surface area contributed by atoms with Crippen molar-refractivity contribution in [2.45, 2.75) is 51.0 Å². The van der Waals surface area contributed by atoms with E-state index in [9.17, 15) is 9.59 Å². The molecule has 0 unspecified atom stereocenters. The predicted molar refractivity (Wildman–Crippen MR) is 80.6 cm³/mol. The Morgan fingerprint density at radius 2 is 1.95 bits per heavy atom. The van der Waals surface area contributed by atoms with E-state index in [2.05, 4.69) is 5.10 Å². The molecular weight excluding hydrogens is 282 g/mol. The molecular formula is C16H23N3O3. The molecule has 0 atom stereocenters. The molecule has 1 saturated heterocycles. The maximum Gasteiger partial charge on any atom is 0.338 e. The number of carboxylic acid groups (broad SMARTS) is 1. The van der Waals surface area contributed by atoms with Crippen LogP contribution in [0.3, 0.4) is 0 Å². The highest BCUT2D eigenvalue weighted by molar-refractivity contribution is 5.86. The molecule has 0 aromatic carbocycles. The number of piperidine rings is 1. The molecule has 6 nitrogen and oxygen atoms in total. The highest BCUT2D eigenvalue weighted by Crippen LogP contribution is 2.31. The lowest BCUT2D eigenvalue weighted by Crippen LogP contribution is -2.39. The van der Waals surface area contributed by atoms with E-state index < -0.39 is 5.97 Å². The Bertz CT molecular complexity index is 543. The van der Waals surface area contributed by atoms with Crippen LogP contribution in [0.25, 0.3) is 0 Å². The second kappa shape index (κ2) is 6.50. The lowest BCUT2D eigenvalue weighted by molar-refractivity contribution is -0.133. The molecule has 1 aliphatic heterocycles. The van der Waals surface area contributed by atoms with E-state index in [-0.39, 0.29) is 17.5 Å². The van der Waals surface area contributed by atoms with Gasteiger partial charge < -0.3 is 10.0 Å². The molecule has 22 heavy (non-hydrogen) atoms. The molecule has 1 aromatic heterocycles. The number of hydrogen-bond acceptors (Lipinski definition) is 3. The Hall–Kier alpha value is -1.85. The van der Waals surface area contributed by atoms with Crippen LogP contribution in [0.4, 0.5) is 0 Å². The molecule has 1 aromatic rings. The highest BCUT2D eigenvalue weighted by Gasteiger charge is 2.26. The average molecular weight is 305 g/mol. The van der Waals surface area contributed by atoms with Crippen LogP contribution in [-0.2, 0) is 4.79 Å². The Balaban J connectivity index is 1.46. The number of carboxylic acids is 1. The van der Waals surface area contributed by atoms with Gasteiger partial charge in [0.05, 0.1) is 17.8 Å². The maximum absolute atomic E-state index is 12.2. The van der Waals surface area contributed by atoms with Crippen LogP contribution in [0, 0.1) is 5.92 Å². The second-order valence-corrected chi connectivity index (χ2v) is 6.46. The molecule has 1 amide bonds. The zero-order chi connectivity index (χ0) is 15.5. The van der Waals surface area contributed by atoms with E-state index in [0.717, 1.165) is 38.3 Å². The fourth-order valence-corrected chi connectivity index (χ4v) is 3.30. The summed E-state index contributed by atoms with van der Waals surface area (Å²) in [5.41, 5.74) is 0.221. The minimum atomic E-state index is -0.949. The SMILES string of the molecule is O=C(O)c1cnn(C2CCN(C(=O)CCC3CCC3)CC2)c1. The van der Waals surface area contributed by atoms with Gasteiger partial charge in [0.2, 0.25) is 5.91 Å². The van der Waals surface area contributed by atoms with Crippen molar-refractivity contribution in [2.75, 3.05) is 13.1 Å². The number of amides is 1. The predicted octanol–water partition coefficient (Wildman–Crippen LogP) is 2.33. The zero-order valence-electron chi connectivity index (χ0n) is 12.8. The van der Waals surface area contributed by atoms with Crippen LogP contribution in [0.2, 0.25) is 0 Å². The summed E-state index contributed by atoms with van der Waals surface area (Å²) in [6.45, 7) is 1.49. The van der Waals surface area contributed by atoms with Gasteiger partial charge in [-0.3, -0.25) is 9.48 Å². The quantitative estimate of drug-likeness (QED) is 0.906. The average Bonchev–Trinajstić information content (AvgIpc) is 2.95. The minimum Gasteiger partial charge on any atom is -0.478 e. The van der Waals surface area contributed by atoms with Crippen LogP contribution >= 0.6 is 0 Å². The summed E-state index contributed by atoms with van der Waals surface area (Å²) in [5.74, 6) is 0.104.